The molecule has 1 N–H and O–H groups in total. The van der Waals surface area contributed by atoms with Crippen molar-refractivity contribution in [2.75, 3.05) is 12.9 Å². The summed E-state index contributed by atoms with van der Waals surface area (Å²) in [5.74, 6) is -0.939. The van der Waals surface area contributed by atoms with Gasteiger partial charge in [0, 0.05) is 6.08 Å². The number of esters is 1. The van der Waals surface area contributed by atoms with Crippen LogP contribution in [-0.4, -0.2) is 31.8 Å². The molecule has 0 aliphatic rings. The Labute approximate surface area is 70.8 Å². The average molecular weight is 194 g/mol. The Balaban J connectivity index is 3.71. The summed E-state index contributed by atoms with van der Waals surface area (Å²) in [4.78, 5) is 10.4. The summed E-state index contributed by atoms with van der Waals surface area (Å²) in [6.07, 6.45) is 2.51. The fraction of sp³-hybridized carbons (Fsp3) is 0.500. The largest absolute Gasteiger partial charge is 0.466 e. The molecule has 0 aromatic rings. The molecule has 0 amide bonds. The number of carbonyl (C=O) groups is 1. The first kappa shape index (κ1) is 11.1. The monoisotopic (exact) mass is 194 g/mol. The number of rotatable bonds is 4. The third-order valence-electron chi connectivity index (χ3n) is 0.998. The van der Waals surface area contributed by atoms with Crippen LogP contribution in [0.1, 0.15) is 6.42 Å². The Bertz CT molecular complexity index is 264. The lowest BCUT2D eigenvalue weighted by atomic mass is 10.4. The van der Waals surface area contributed by atoms with Gasteiger partial charge in [0.2, 0.25) is 0 Å². The van der Waals surface area contributed by atoms with Gasteiger partial charge in [-0.25, -0.2) is 4.79 Å². The zero-order chi connectivity index (χ0) is 9.61. The molecule has 0 heterocycles. The van der Waals surface area contributed by atoms with Gasteiger partial charge in [0.15, 0.2) is 0 Å². The van der Waals surface area contributed by atoms with Gasteiger partial charge in [-0.3, -0.25) is 4.55 Å². The molecule has 70 valence electrons. The predicted molar refractivity (Wildman–Crippen MR) is 42.2 cm³/mol. The van der Waals surface area contributed by atoms with E-state index in [0.29, 0.717) is 0 Å². The first-order valence-electron chi connectivity index (χ1n) is 3.15. The summed E-state index contributed by atoms with van der Waals surface area (Å²) in [6, 6.07) is 0. The Morgan fingerprint density at radius 3 is 2.58 bits per heavy atom. The van der Waals surface area contributed by atoms with Crippen LogP contribution in [0.3, 0.4) is 0 Å². The second-order valence-electron chi connectivity index (χ2n) is 2.00. The van der Waals surface area contributed by atoms with Gasteiger partial charge in [-0.05, 0) is 6.42 Å². The summed E-state index contributed by atoms with van der Waals surface area (Å²) in [6.45, 7) is 0. The van der Waals surface area contributed by atoms with E-state index in [1.54, 1.807) is 0 Å². The first-order chi connectivity index (χ1) is 5.45. The number of methoxy groups -OCH3 is 1. The van der Waals surface area contributed by atoms with Crippen LogP contribution in [0.4, 0.5) is 0 Å². The van der Waals surface area contributed by atoms with Gasteiger partial charge in [-0.1, -0.05) is 6.08 Å². The summed E-state index contributed by atoms with van der Waals surface area (Å²) in [5.41, 5.74) is 0. The van der Waals surface area contributed by atoms with Gasteiger partial charge < -0.3 is 4.74 Å². The predicted octanol–water partition coefficient (Wildman–Crippen LogP) is -0.00650. The molecule has 0 unspecified atom stereocenters. The average Bonchev–Trinajstić information content (AvgIpc) is 1.96. The molecule has 5 nitrogen and oxygen atoms in total. The van der Waals surface area contributed by atoms with E-state index in [2.05, 4.69) is 4.74 Å². The maximum absolute atomic E-state index is 10.4. The number of ether oxygens (including phenoxy) is 1. The van der Waals surface area contributed by atoms with E-state index >= 15 is 0 Å². The molecule has 6 heteroatoms. The first-order valence-corrected chi connectivity index (χ1v) is 4.76. The number of carbonyl (C=O) groups excluding carboxylic acids is 1. The SMILES string of the molecule is COC(=O)C=CCCS(=O)(=O)O. The molecule has 12 heavy (non-hydrogen) atoms. The van der Waals surface area contributed by atoms with E-state index in [0.717, 1.165) is 6.08 Å². The highest BCUT2D eigenvalue weighted by molar-refractivity contribution is 7.85. The van der Waals surface area contributed by atoms with Crippen LogP contribution in [-0.2, 0) is 19.6 Å². The Kier molecular flexibility index (Phi) is 4.53. The van der Waals surface area contributed by atoms with Crippen molar-refractivity contribution in [2.24, 2.45) is 0 Å². The van der Waals surface area contributed by atoms with E-state index in [9.17, 15) is 13.2 Å². The molecule has 0 radical (unpaired) electrons. The number of hydrogen-bond donors (Lipinski definition) is 1. The van der Waals surface area contributed by atoms with Crippen molar-refractivity contribution < 1.29 is 22.5 Å². The molecule has 0 spiro atoms. The minimum atomic E-state index is -3.93. The molecular formula is C6H10O5S. The van der Waals surface area contributed by atoms with Crippen molar-refractivity contribution in [3.8, 4) is 0 Å². The van der Waals surface area contributed by atoms with Gasteiger partial charge in [-0.15, -0.1) is 0 Å². The highest BCUT2D eigenvalue weighted by atomic mass is 32.2. The van der Waals surface area contributed by atoms with Crippen LogP contribution in [0.15, 0.2) is 12.2 Å². The second-order valence-corrected chi connectivity index (χ2v) is 3.57. The normalized spacial score (nSPS) is 11.8. The van der Waals surface area contributed by atoms with Crippen LogP contribution in [0.5, 0.6) is 0 Å². The maximum atomic E-state index is 10.4. The van der Waals surface area contributed by atoms with Gasteiger partial charge >= 0.3 is 5.97 Å². The highest BCUT2D eigenvalue weighted by Crippen LogP contribution is 1.90. The van der Waals surface area contributed by atoms with E-state index < -0.39 is 16.1 Å². The van der Waals surface area contributed by atoms with E-state index in [4.69, 9.17) is 4.55 Å². The summed E-state index contributed by atoms with van der Waals surface area (Å²) < 4.78 is 32.8. The lowest BCUT2D eigenvalue weighted by Gasteiger charge is -1.91. The van der Waals surface area contributed by atoms with Crippen LogP contribution >= 0.6 is 0 Å². The minimum Gasteiger partial charge on any atom is -0.466 e. The number of allylic oxidation sites excluding steroid dienone is 1. The minimum absolute atomic E-state index is 0.0912. The highest BCUT2D eigenvalue weighted by Gasteiger charge is 2.01. The molecule has 0 aromatic carbocycles. The van der Waals surface area contributed by atoms with Crippen LogP contribution in [0.25, 0.3) is 0 Å². The quantitative estimate of drug-likeness (QED) is 0.387. The van der Waals surface area contributed by atoms with Crippen molar-refractivity contribution in [1.29, 1.82) is 0 Å². The standard InChI is InChI=1S/C6H10O5S/c1-11-6(7)4-2-3-5-12(8,9)10/h2,4H,3,5H2,1H3,(H,8,9,10). The van der Waals surface area contributed by atoms with E-state index in [1.165, 1.54) is 13.2 Å². The van der Waals surface area contributed by atoms with Crippen LogP contribution in [0, 0.1) is 0 Å². The molecular weight excluding hydrogens is 184 g/mol. The zero-order valence-electron chi connectivity index (χ0n) is 6.56. The molecule has 0 aliphatic carbocycles. The van der Waals surface area contributed by atoms with Crippen molar-refractivity contribution in [2.45, 2.75) is 6.42 Å². The summed E-state index contributed by atoms with van der Waals surface area (Å²) >= 11 is 0. The molecule has 0 aromatic heterocycles. The fourth-order valence-corrected chi connectivity index (χ4v) is 0.899. The molecule has 0 bridgehead atoms. The fourth-order valence-electron chi connectivity index (χ4n) is 0.465. The van der Waals surface area contributed by atoms with E-state index in [-0.39, 0.29) is 12.2 Å². The maximum Gasteiger partial charge on any atom is 0.330 e. The number of hydrogen-bond acceptors (Lipinski definition) is 4. The van der Waals surface area contributed by atoms with Crippen LogP contribution in [0.2, 0.25) is 0 Å². The Hall–Kier alpha value is -0.880. The molecule has 0 aliphatic heterocycles. The topological polar surface area (TPSA) is 80.7 Å². The van der Waals surface area contributed by atoms with Gasteiger partial charge in [0.05, 0.1) is 12.9 Å². The van der Waals surface area contributed by atoms with Crippen LogP contribution < -0.4 is 0 Å². The third-order valence-corrected chi connectivity index (χ3v) is 1.75. The summed E-state index contributed by atoms with van der Waals surface area (Å²) in [7, 11) is -2.71. The smallest absolute Gasteiger partial charge is 0.330 e. The van der Waals surface area contributed by atoms with Crippen molar-refractivity contribution >= 4 is 16.1 Å². The van der Waals surface area contributed by atoms with Gasteiger partial charge in [0.1, 0.15) is 0 Å². The lowest BCUT2D eigenvalue weighted by Crippen LogP contribution is -2.02. The van der Waals surface area contributed by atoms with E-state index in [1.807, 2.05) is 0 Å². The molecule has 0 fully saturated rings. The molecule has 0 rings (SSSR count). The zero-order valence-corrected chi connectivity index (χ0v) is 7.37. The van der Waals surface area contributed by atoms with Gasteiger partial charge in [0.25, 0.3) is 10.1 Å². The lowest BCUT2D eigenvalue weighted by molar-refractivity contribution is -0.134. The molecule has 0 atom stereocenters. The Morgan fingerprint density at radius 2 is 2.17 bits per heavy atom. The van der Waals surface area contributed by atoms with Crippen molar-refractivity contribution in [1.82, 2.24) is 0 Å². The van der Waals surface area contributed by atoms with Crippen molar-refractivity contribution in [3.63, 3.8) is 0 Å². The molecule has 0 saturated carbocycles. The van der Waals surface area contributed by atoms with Gasteiger partial charge in [-0.2, -0.15) is 8.42 Å². The summed E-state index contributed by atoms with van der Waals surface area (Å²) in [5, 5.41) is 0. The second kappa shape index (κ2) is 4.89. The third kappa shape index (κ3) is 7.23. The van der Waals surface area contributed by atoms with Crippen molar-refractivity contribution in [3.05, 3.63) is 12.2 Å². The molecule has 0 saturated heterocycles. The Morgan fingerprint density at radius 1 is 1.58 bits per heavy atom.